The zero-order valence-corrected chi connectivity index (χ0v) is 17.6. The molecule has 1 aliphatic heterocycles. The Morgan fingerprint density at radius 3 is 2.58 bits per heavy atom. The van der Waals surface area contributed by atoms with Crippen molar-refractivity contribution in [2.75, 3.05) is 13.1 Å². The first-order valence-corrected chi connectivity index (χ1v) is 10.9. The SMILES string of the molecule is Cn1nc(C2CCN(C(=O)CCn3cnc4ccccc4c3=O)CC2)n(C2CC2)c1=O. The Balaban J connectivity index is 1.21. The number of aryl methyl sites for hydroxylation is 2. The predicted octanol–water partition coefficient (Wildman–Crippen LogP) is 1.42. The lowest BCUT2D eigenvalue weighted by Gasteiger charge is -2.31. The van der Waals surface area contributed by atoms with Crippen molar-refractivity contribution in [1.82, 2.24) is 28.8 Å². The highest BCUT2D eigenvalue weighted by Gasteiger charge is 2.34. The molecule has 31 heavy (non-hydrogen) atoms. The third kappa shape index (κ3) is 3.68. The second-order valence-electron chi connectivity index (χ2n) is 8.53. The average molecular weight is 422 g/mol. The fourth-order valence-electron chi connectivity index (χ4n) is 4.48. The molecule has 3 heterocycles. The Kier molecular flexibility index (Phi) is 4.95. The van der Waals surface area contributed by atoms with Crippen molar-refractivity contribution in [3.8, 4) is 0 Å². The van der Waals surface area contributed by atoms with Crippen LogP contribution in [-0.4, -0.2) is 47.8 Å². The molecule has 1 aromatic carbocycles. The van der Waals surface area contributed by atoms with Crippen molar-refractivity contribution in [3.63, 3.8) is 0 Å². The van der Waals surface area contributed by atoms with E-state index in [-0.39, 0.29) is 29.5 Å². The van der Waals surface area contributed by atoms with Crippen LogP contribution in [0.2, 0.25) is 0 Å². The van der Waals surface area contributed by atoms with Gasteiger partial charge in [-0.05, 0) is 37.8 Å². The molecule has 0 radical (unpaired) electrons. The lowest BCUT2D eigenvalue weighted by atomic mass is 9.95. The fourth-order valence-corrected chi connectivity index (χ4v) is 4.48. The minimum Gasteiger partial charge on any atom is -0.343 e. The van der Waals surface area contributed by atoms with Crippen LogP contribution in [0.4, 0.5) is 0 Å². The van der Waals surface area contributed by atoms with Crippen LogP contribution in [0.5, 0.6) is 0 Å². The van der Waals surface area contributed by atoms with Gasteiger partial charge in [0.15, 0.2) is 0 Å². The van der Waals surface area contributed by atoms with Gasteiger partial charge < -0.3 is 4.90 Å². The summed E-state index contributed by atoms with van der Waals surface area (Å²) in [5, 5.41) is 5.06. The normalized spacial score (nSPS) is 17.4. The molecule has 0 spiro atoms. The quantitative estimate of drug-likeness (QED) is 0.620. The van der Waals surface area contributed by atoms with E-state index in [2.05, 4.69) is 10.1 Å². The summed E-state index contributed by atoms with van der Waals surface area (Å²) >= 11 is 0. The number of carbonyl (C=O) groups is 1. The van der Waals surface area contributed by atoms with Gasteiger partial charge in [-0.2, -0.15) is 5.10 Å². The molecule has 0 atom stereocenters. The summed E-state index contributed by atoms with van der Waals surface area (Å²) in [5.74, 6) is 1.11. The number of carbonyl (C=O) groups excluding carboxylic acids is 1. The maximum atomic E-state index is 12.7. The first-order chi connectivity index (χ1) is 15.0. The molecule has 1 amide bonds. The van der Waals surface area contributed by atoms with Crippen LogP contribution in [-0.2, 0) is 18.4 Å². The number of para-hydroxylation sites is 1. The molecule has 2 aliphatic rings. The summed E-state index contributed by atoms with van der Waals surface area (Å²) in [6.07, 6.45) is 5.46. The second kappa shape index (κ2) is 7.79. The number of piperidine rings is 1. The number of hydrogen-bond donors (Lipinski definition) is 0. The van der Waals surface area contributed by atoms with Gasteiger partial charge in [-0.3, -0.25) is 18.7 Å². The summed E-state index contributed by atoms with van der Waals surface area (Å²) in [5.41, 5.74) is 0.507. The van der Waals surface area contributed by atoms with Gasteiger partial charge in [0.05, 0.1) is 17.2 Å². The Labute approximate surface area is 178 Å². The van der Waals surface area contributed by atoms with Crippen molar-refractivity contribution in [1.29, 1.82) is 0 Å². The molecular weight excluding hydrogens is 396 g/mol. The van der Waals surface area contributed by atoms with Crippen molar-refractivity contribution < 1.29 is 4.79 Å². The molecule has 1 saturated carbocycles. The van der Waals surface area contributed by atoms with Crippen LogP contribution < -0.4 is 11.2 Å². The molecule has 2 fully saturated rings. The summed E-state index contributed by atoms with van der Waals surface area (Å²) in [6, 6.07) is 7.52. The van der Waals surface area contributed by atoms with Crippen LogP contribution in [0.3, 0.4) is 0 Å². The number of likely N-dealkylation sites (tertiary alicyclic amines) is 1. The molecule has 1 aliphatic carbocycles. The summed E-state index contributed by atoms with van der Waals surface area (Å²) in [4.78, 5) is 43.9. The Morgan fingerprint density at radius 1 is 1.10 bits per heavy atom. The monoisotopic (exact) mass is 422 g/mol. The molecule has 162 valence electrons. The lowest BCUT2D eigenvalue weighted by Crippen LogP contribution is -2.39. The van der Waals surface area contributed by atoms with Gasteiger partial charge in [-0.25, -0.2) is 14.5 Å². The van der Waals surface area contributed by atoms with Crippen LogP contribution in [0, 0.1) is 0 Å². The standard InChI is InChI=1S/C22H26N6O3/c1-25-22(31)28(16-6-7-16)20(24-25)15-8-11-26(12-9-15)19(29)10-13-27-14-23-18-5-3-2-4-17(18)21(27)30/h2-5,14-16H,6-13H2,1H3. The van der Waals surface area contributed by atoms with Crippen LogP contribution >= 0.6 is 0 Å². The number of hydrogen-bond acceptors (Lipinski definition) is 5. The molecule has 2 aromatic heterocycles. The lowest BCUT2D eigenvalue weighted by molar-refractivity contribution is -0.132. The van der Waals surface area contributed by atoms with E-state index in [0.717, 1.165) is 31.5 Å². The zero-order chi connectivity index (χ0) is 21.5. The van der Waals surface area contributed by atoms with Gasteiger partial charge in [0.2, 0.25) is 5.91 Å². The zero-order valence-electron chi connectivity index (χ0n) is 17.6. The maximum Gasteiger partial charge on any atom is 0.345 e. The topological polar surface area (TPSA) is 95.0 Å². The van der Waals surface area contributed by atoms with E-state index >= 15 is 0 Å². The Morgan fingerprint density at radius 2 is 1.84 bits per heavy atom. The molecule has 0 bridgehead atoms. The van der Waals surface area contributed by atoms with Gasteiger partial charge in [0, 0.05) is 45.1 Å². The Hall–Kier alpha value is -3.23. The van der Waals surface area contributed by atoms with Crippen LogP contribution in [0.1, 0.15) is 49.9 Å². The smallest absolute Gasteiger partial charge is 0.343 e. The molecular formula is C22H26N6O3. The van der Waals surface area contributed by atoms with E-state index in [9.17, 15) is 14.4 Å². The first-order valence-electron chi connectivity index (χ1n) is 10.9. The number of aromatic nitrogens is 5. The highest BCUT2D eigenvalue weighted by Crippen LogP contribution is 2.37. The van der Waals surface area contributed by atoms with Gasteiger partial charge in [-0.15, -0.1) is 0 Å². The van der Waals surface area contributed by atoms with Crippen molar-refractivity contribution in [2.45, 2.75) is 50.6 Å². The van der Waals surface area contributed by atoms with Gasteiger partial charge in [-0.1, -0.05) is 12.1 Å². The van der Waals surface area contributed by atoms with Gasteiger partial charge in [0.25, 0.3) is 5.56 Å². The third-order valence-corrected chi connectivity index (χ3v) is 6.41. The van der Waals surface area contributed by atoms with Crippen LogP contribution in [0.15, 0.2) is 40.2 Å². The van der Waals surface area contributed by atoms with Crippen molar-refractivity contribution in [3.05, 3.63) is 57.3 Å². The first kappa shape index (κ1) is 19.7. The highest BCUT2D eigenvalue weighted by molar-refractivity contribution is 5.77. The fraction of sp³-hybridized carbons (Fsp3) is 0.500. The molecule has 1 saturated heterocycles. The molecule has 0 N–H and O–H groups in total. The second-order valence-corrected chi connectivity index (χ2v) is 8.53. The van der Waals surface area contributed by atoms with Gasteiger partial charge >= 0.3 is 5.69 Å². The Bertz CT molecular complexity index is 1240. The van der Waals surface area contributed by atoms with E-state index in [1.165, 1.54) is 15.6 Å². The maximum absolute atomic E-state index is 12.7. The average Bonchev–Trinajstić information content (AvgIpc) is 3.58. The summed E-state index contributed by atoms with van der Waals surface area (Å²) in [6.45, 7) is 1.60. The number of nitrogens with zero attached hydrogens (tertiary/aromatic N) is 6. The minimum absolute atomic E-state index is 0.0366. The molecule has 0 unspecified atom stereocenters. The largest absolute Gasteiger partial charge is 0.345 e. The third-order valence-electron chi connectivity index (χ3n) is 6.41. The van der Waals surface area contributed by atoms with Crippen LogP contribution in [0.25, 0.3) is 10.9 Å². The molecule has 5 rings (SSSR count). The van der Waals surface area contributed by atoms with E-state index < -0.39 is 0 Å². The van der Waals surface area contributed by atoms with E-state index in [1.807, 2.05) is 21.6 Å². The minimum atomic E-state index is -0.120. The van der Waals surface area contributed by atoms with Crippen molar-refractivity contribution in [2.24, 2.45) is 7.05 Å². The summed E-state index contributed by atoms with van der Waals surface area (Å²) in [7, 11) is 1.70. The number of benzene rings is 1. The van der Waals surface area contributed by atoms with Crippen molar-refractivity contribution >= 4 is 16.8 Å². The highest BCUT2D eigenvalue weighted by atomic mass is 16.2. The van der Waals surface area contributed by atoms with Gasteiger partial charge in [0.1, 0.15) is 5.82 Å². The van der Waals surface area contributed by atoms with E-state index in [0.29, 0.717) is 36.6 Å². The molecule has 3 aromatic rings. The summed E-state index contributed by atoms with van der Waals surface area (Å²) < 4.78 is 4.80. The molecule has 9 nitrogen and oxygen atoms in total. The van der Waals surface area contributed by atoms with E-state index in [4.69, 9.17) is 0 Å². The number of rotatable bonds is 5. The number of amides is 1. The van der Waals surface area contributed by atoms with E-state index in [1.54, 1.807) is 19.2 Å². The number of fused-ring (bicyclic) bond motifs is 1. The molecule has 9 heteroatoms. The predicted molar refractivity (Wildman–Crippen MR) is 115 cm³/mol.